The normalized spacial score (nSPS) is 11.7. The van der Waals surface area contributed by atoms with Crippen LogP contribution in [0.25, 0.3) is 10.9 Å². The number of fused-ring (bicyclic) bond motifs is 1. The molecule has 0 saturated heterocycles. The fraction of sp³-hybridized carbons (Fsp3) is 0.412. The summed E-state index contributed by atoms with van der Waals surface area (Å²) in [6.45, 7) is 10.0. The molecule has 0 atom stereocenters. The molecule has 1 N–H and O–H groups in total. The second-order valence-electron chi connectivity index (χ2n) is 6.29. The third-order valence-corrected chi connectivity index (χ3v) is 3.34. The molecule has 0 bridgehead atoms. The molecule has 1 aromatic heterocycles. The largest absolute Gasteiger partial charge is 0.351 e. The van der Waals surface area contributed by atoms with Crippen molar-refractivity contribution < 1.29 is 4.79 Å². The van der Waals surface area contributed by atoms with Crippen LogP contribution < -0.4 is 5.32 Å². The summed E-state index contributed by atoms with van der Waals surface area (Å²) in [6.07, 6.45) is 0.382. The van der Waals surface area contributed by atoms with Gasteiger partial charge >= 0.3 is 0 Å². The highest BCUT2D eigenvalue weighted by atomic mass is 16.1. The maximum Gasteiger partial charge on any atom is 0.224 e. The number of aromatic nitrogens is 1. The van der Waals surface area contributed by atoms with Gasteiger partial charge in [-0.25, -0.2) is 0 Å². The van der Waals surface area contributed by atoms with E-state index in [9.17, 15) is 4.79 Å². The van der Waals surface area contributed by atoms with Gasteiger partial charge in [-0.3, -0.25) is 9.78 Å². The van der Waals surface area contributed by atoms with Crippen molar-refractivity contribution in [2.45, 2.75) is 46.6 Å². The molecule has 2 aromatic rings. The van der Waals surface area contributed by atoms with Crippen molar-refractivity contribution in [3.8, 4) is 0 Å². The summed E-state index contributed by atoms with van der Waals surface area (Å²) >= 11 is 0. The Bertz CT molecular complexity index is 654. The second-order valence-corrected chi connectivity index (χ2v) is 6.29. The minimum absolute atomic E-state index is 0.0424. The molecule has 0 spiro atoms. The molecule has 3 nitrogen and oxygen atoms in total. The van der Waals surface area contributed by atoms with E-state index >= 15 is 0 Å². The Morgan fingerprint density at radius 1 is 1.20 bits per heavy atom. The van der Waals surface area contributed by atoms with E-state index in [4.69, 9.17) is 0 Å². The average molecular weight is 270 g/mol. The Morgan fingerprint density at radius 2 is 1.85 bits per heavy atom. The van der Waals surface area contributed by atoms with E-state index in [-0.39, 0.29) is 11.4 Å². The van der Waals surface area contributed by atoms with Crippen LogP contribution in [0.5, 0.6) is 0 Å². The topological polar surface area (TPSA) is 42.0 Å². The lowest BCUT2D eigenvalue weighted by Gasteiger charge is -2.21. The lowest BCUT2D eigenvalue weighted by atomic mass is 9.98. The van der Waals surface area contributed by atoms with Gasteiger partial charge in [0, 0.05) is 16.6 Å². The highest BCUT2D eigenvalue weighted by molar-refractivity contribution is 5.86. The smallest absolute Gasteiger partial charge is 0.224 e. The molecule has 0 aliphatic carbocycles. The summed E-state index contributed by atoms with van der Waals surface area (Å²) in [5.74, 6) is 0.0424. The van der Waals surface area contributed by atoms with Gasteiger partial charge in [0.2, 0.25) is 5.91 Å². The highest BCUT2D eigenvalue weighted by Crippen LogP contribution is 2.23. The fourth-order valence-corrected chi connectivity index (χ4v) is 2.45. The number of pyridine rings is 1. The van der Waals surface area contributed by atoms with Crippen molar-refractivity contribution in [3.63, 3.8) is 0 Å². The first kappa shape index (κ1) is 14.5. The van der Waals surface area contributed by atoms with E-state index in [0.29, 0.717) is 6.42 Å². The predicted octanol–water partition coefficient (Wildman–Crippen LogP) is 3.31. The van der Waals surface area contributed by atoms with Crippen LogP contribution in [0.4, 0.5) is 0 Å². The number of benzene rings is 1. The second kappa shape index (κ2) is 5.23. The van der Waals surface area contributed by atoms with Gasteiger partial charge in [-0.15, -0.1) is 0 Å². The SMILES string of the molecule is Cc1nc2ccccc2c(C)c1CC(=O)NC(C)(C)C. The number of amides is 1. The summed E-state index contributed by atoms with van der Waals surface area (Å²) in [6, 6.07) is 8.06. The summed E-state index contributed by atoms with van der Waals surface area (Å²) in [5.41, 5.74) is 3.90. The van der Waals surface area contributed by atoms with Gasteiger partial charge in [0.1, 0.15) is 0 Å². The molecule has 2 rings (SSSR count). The quantitative estimate of drug-likeness (QED) is 0.909. The van der Waals surface area contributed by atoms with Crippen LogP contribution in [0.1, 0.15) is 37.6 Å². The zero-order chi connectivity index (χ0) is 14.9. The van der Waals surface area contributed by atoms with E-state index in [1.807, 2.05) is 45.9 Å². The Hall–Kier alpha value is -1.90. The zero-order valence-electron chi connectivity index (χ0n) is 12.9. The van der Waals surface area contributed by atoms with Crippen LogP contribution in [0.2, 0.25) is 0 Å². The van der Waals surface area contributed by atoms with Crippen molar-refractivity contribution in [2.75, 3.05) is 0 Å². The highest BCUT2D eigenvalue weighted by Gasteiger charge is 2.17. The Morgan fingerprint density at radius 3 is 2.50 bits per heavy atom. The zero-order valence-corrected chi connectivity index (χ0v) is 12.9. The molecule has 0 aliphatic rings. The number of aryl methyl sites for hydroxylation is 2. The van der Waals surface area contributed by atoms with Crippen LogP contribution in [0.3, 0.4) is 0 Å². The third-order valence-electron chi connectivity index (χ3n) is 3.34. The van der Waals surface area contributed by atoms with Gasteiger partial charge in [0.15, 0.2) is 0 Å². The average Bonchev–Trinajstić information content (AvgIpc) is 2.32. The van der Waals surface area contributed by atoms with Gasteiger partial charge in [-0.1, -0.05) is 18.2 Å². The van der Waals surface area contributed by atoms with Crippen molar-refractivity contribution in [1.82, 2.24) is 10.3 Å². The maximum atomic E-state index is 12.1. The molecule has 106 valence electrons. The van der Waals surface area contributed by atoms with E-state index in [1.54, 1.807) is 0 Å². The monoisotopic (exact) mass is 270 g/mol. The van der Waals surface area contributed by atoms with Crippen molar-refractivity contribution >= 4 is 16.8 Å². The van der Waals surface area contributed by atoms with Gasteiger partial charge in [-0.2, -0.15) is 0 Å². The lowest BCUT2D eigenvalue weighted by Crippen LogP contribution is -2.41. The molecule has 20 heavy (non-hydrogen) atoms. The van der Waals surface area contributed by atoms with Crippen LogP contribution in [0, 0.1) is 13.8 Å². The summed E-state index contributed by atoms with van der Waals surface area (Å²) in [5, 5.41) is 4.13. The molecule has 0 fully saturated rings. The van der Waals surface area contributed by atoms with Crippen molar-refractivity contribution in [3.05, 3.63) is 41.1 Å². The fourth-order valence-electron chi connectivity index (χ4n) is 2.45. The van der Waals surface area contributed by atoms with Crippen LogP contribution in [-0.4, -0.2) is 16.4 Å². The van der Waals surface area contributed by atoms with E-state index in [2.05, 4.69) is 23.3 Å². The molecule has 0 saturated carbocycles. The van der Waals surface area contributed by atoms with E-state index in [1.165, 1.54) is 0 Å². The number of carbonyl (C=O) groups is 1. The lowest BCUT2D eigenvalue weighted by molar-refractivity contribution is -0.121. The molecular formula is C17H22N2O. The number of hydrogen-bond donors (Lipinski definition) is 1. The molecule has 0 aliphatic heterocycles. The van der Waals surface area contributed by atoms with Gasteiger partial charge in [-0.05, 0) is 51.8 Å². The first-order valence-electron chi connectivity index (χ1n) is 6.94. The third kappa shape index (κ3) is 3.16. The van der Waals surface area contributed by atoms with Crippen LogP contribution in [0.15, 0.2) is 24.3 Å². The van der Waals surface area contributed by atoms with Crippen molar-refractivity contribution in [2.24, 2.45) is 0 Å². The molecule has 3 heteroatoms. The predicted molar refractivity (Wildman–Crippen MR) is 82.8 cm³/mol. The Balaban J connectivity index is 2.37. The number of carbonyl (C=O) groups excluding carboxylic acids is 1. The first-order valence-corrected chi connectivity index (χ1v) is 6.94. The number of para-hydroxylation sites is 1. The number of hydrogen-bond acceptors (Lipinski definition) is 2. The molecule has 1 heterocycles. The Kier molecular flexibility index (Phi) is 3.80. The molecule has 0 radical (unpaired) electrons. The van der Waals surface area contributed by atoms with Gasteiger partial charge in [0.25, 0.3) is 0 Å². The number of nitrogens with one attached hydrogen (secondary N) is 1. The summed E-state index contributed by atoms with van der Waals surface area (Å²) in [7, 11) is 0. The minimum atomic E-state index is -0.205. The van der Waals surface area contributed by atoms with Gasteiger partial charge < -0.3 is 5.32 Å². The molecule has 0 unspecified atom stereocenters. The first-order chi connectivity index (χ1) is 9.28. The standard InChI is InChI=1S/C17H22N2O/c1-11-13-8-6-7-9-15(13)18-12(2)14(11)10-16(20)19-17(3,4)5/h6-9H,10H2,1-5H3,(H,19,20). The van der Waals surface area contributed by atoms with Crippen molar-refractivity contribution in [1.29, 1.82) is 0 Å². The summed E-state index contributed by atoms with van der Waals surface area (Å²) < 4.78 is 0. The van der Waals surface area contributed by atoms with Crippen LogP contribution >= 0.6 is 0 Å². The van der Waals surface area contributed by atoms with Gasteiger partial charge in [0.05, 0.1) is 11.9 Å². The summed E-state index contributed by atoms with van der Waals surface area (Å²) in [4.78, 5) is 16.7. The maximum absolute atomic E-state index is 12.1. The molecule has 1 aromatic carbocycles. The Labute approximate surface area is 120 Å². The minimum Gasteiger partial charge on any atom is -0.351 e. The molecule has 1 amide bonds. The number of nitrogens with zero attached hydrogens (tertiary/aromatic N) is 1. The number of rotatable bonds is 2. The van der Waals surface area contributed by atoms with E-state index in [0.717, 1.165) is 27.7 Å². The molecular weight excluding hydrogens is 248 g/mol. The van der Waals surface area contributed by atoms with Crippen LogP contribution in [-0.2, 0) is 11.2 Å². The van der Waals surface area contributed by atoms with E-state index < -0.39 is 0 Å².